The molecule has 0 amide bonds. The van der Waals surface area contributed by atoms with Crippen molar-refractivity contribution in [3.05, 3.63) is 0 Å². The van der Waals surface area contributed by atoms with E-state index >= 15 is 0 Å². The molecule has 0 aliphatic carbocycles. The van der Waals surface area contributed by atoms with Crippen LogP contribution in [-0.4, -0.2) is 50.7 Å². The molecule has 1 unspecified atom stereocenters. The minimum atomic E-state index is 0.0875. The number of aliphatic hydroxyl groups excluding tert-OH is 1. The number of nitrogens with one attached hydrogen (secondary N) is 1. The molecule has 78 valence electrons. The van der Waals surface area contributed by atoms with Crippen LogP contribution < -0.4 is 5.32 Å². The van der Waals surface area contributed by atoms with E-state index in [4.69, 9.17) is 14.6 Å². The summed E-state index contributed by atoms with van der Waals surface area (Å²) in [5.74, 6) is 0. The predicted octanol–water partition coefficient (Wildman–Crippen LogP) is -0.236. The van der Waals surface area contributed by atoms with E-state index in [1.54, 1.807) is 0 Å². The average molecular weight is 189 g/mol. The molecule has 1 aliphatic rings. The first kappa shape index (κ1) is 10.9. The quantitative estimate of drug-likeness (QED) is 0.543. The fraction of sp³-hybridized carbons (Fsp3) is 1.00. The smallest absolute Gasteiger partial charge is 0.0701 e. The summed E-state index contributed by atoms with van der Waals surface area (Å²) in [5, 5.41) is 11.8. The fourth-order valence-electron chi connectivity index (χ4n) is 1.41. The van der Waals surface area contributed by atoms with E-state index in [-0.39, 0.29) is 6.61 Å². The van der Waals surface area contributed by atoms with Crippen LogP contribution in [-0.2, 0) is 9.47 Å². The van der Waals surface area contributed by atoms with Gasteiger partial charge in [-0.3, -0.25) is 0 Å². The van der Waals surface area contributed by atoms with Crippen LogP contribution in [0.25, 0.3) is 0 Å². The van der Waals surface area contributed by atoms with Crippen molar-refractivity contribution in [1.29, 1.82) is 0 Å². The first-order chi connectivity index (χ1) is 6.43. The Bertz CT molecular complexity index is 115. The van der Waals surface area contributed by atoms with Crippen LogP contribution >= 0.6 is 0 Å². The molecule has 13 heavy (non-hydrogen) atoms. The molecule has 1 fully saturated rings. The van der Waals surface area contributed by atoms with Gasteiger partial charge in [0, 0.05) is 6.04 Å². The predicted molar refractivity (Wildman–Crippen MR) is 49.7 cm³/mol. The van der Waals surface area contributed by atoms with E-state index < -0.39 is 0 Å². The van der Waals surface area contributed by atoms with Gasteiger partial charge in [-0.2, -0.15) is 0 Å². The number of hydrogen-bond donors (Lipinski definition) is 2. The molecule has 4 nitrogen and oxygen atoms in total. The van der Waals surface area contributed by atoms with Gasteiger partial charge >= 0.3 is 0 Å². The van der Waals surface area contributed by atoms with Gasteiger partial charge in [-0.05, 0) is 19.4 Å². The second-order valence-corrected chi connectivity index (χ2v) is 3.20. The zero-order valence-corrected chi connectivity index (χ0v) is 8.00. The van der Waals surface area contributed by atoms with Crippen molar-refractivity contribution in [2.24, 2.45) is 0 Å². The van der Waals surface area contributed by atoms with Crippen molar-refractivity contribution in [3.8, 4) is 0 Å². The molecule has 0 saturated carbocycles. The molecule has 1 saturated heterocycles. The monoisotopic (exact) mass is 189 g/mol. The molecule has 2 N–H and O–H groups in total. The Balaban J connectivity index is 1.78. The van der Waals surface area contributed by atoms with Gasteiger partial charge < -0.3 is 19.9 Å². The molecule has 0 spiro atoms. The zero-order chi connectivity index (χ0) is 9.36. The lowest BCUT2D eigenvalue weighted by molar-refractivity contribution is 0.0280. The van der Waals surface area contributed by atoms with Gasteiger partial charge in [0.2, 0.25) is 0 Å². The van der Waals surface area contributed by atoms with Gasteiger partial charge in [0.05, 0.1) is 33.0 Å². The van der Waals surface area contributed by atoms with Crippen LogP contribution in [0.3, 0.4) is 0 Å². The molecule has 0 aromatic rings. The molecular formula is C9H19NO3. The first-order valence-electron chi connectivity index (χ1n) is 4.93. The van der Waals surface area contributed by atoms with Crippen molar-refractivity contribution in [2.45, 2.75) is 18.9 Å². The van der Waals surface area contributed by atoms with Crippen LogP contribution in [0, 0.1) is 0 Å². The summed E-state index contributed by atoms with van der Waals surface area (Å²) in [6, 6.07) is 0.540. The molecule has 0 radical (unpaired) electrons. The molecule has 1 aliphatic heterocycles. The van der Waals surface area contributed by atoms with Crippen molar-refractivity contribution in [3.63, 3.8) is 0 Å². The van der Waals surface area contributed by atoms with Gasteiger partial charge in [0.25, 0.3) is 0 Å². The molecule has 0 aromatic heterocycles. The lowest BCUT2D eigenvalue weighted by atomic mass is 10.2. The van der Waals surface area contributed by atoms with E-state index in [0.29, 0.717) is 25.9 Å². The minimum absolute atomic E-state index is 0.0875. The zero-order valence-electron chi connectivity index (χ0n) is 8.00. The van der Waals surface area contributed by atoms with E-state index in [0.717, 1.165) is 13.2 Å². The number of hydrogen-bond acceptors (Lipinski definition) is 4. The Labute approximate surface area is 79.2 Å². The number of ether oxygens (including phenoxy) is 2. The third-order valence-electron chi connectivity index (χ3n) is 2.09. The largest absolute Gasteiger partial charge is 0.394 e. The van der Waals surface area contributed by atoms with Crippen molar-refractivity contribution in [2.75, 3.05) is 39.6 Å². The summed E-state index contributed by atoms with van der Waals surface area (Å²) in [7, 11) is 0. The average Bonchev–Trinajstić information content (AvgIpc) is 2.63. The Kier molecular flexibility index (Phi) is 6.10. The summed E-state index contributed by atoms with van der Waals surface area (Å²) < 4.78 is 10.4. The van der Waals surface area contributed by atoms with E-state index in [2.05, 4.69) is 5.32 Å². The van der Waals surface area contributed by atoms with Crippen LogP contribution in [0.2, 0.25) is 0 Å². The Morgan fingerprint density at radius 3 is 2.77 bits per heavy atom. The summed E-state index contributed by atoms with van der Waals surface area (Å²) >= 11 is 0. The SMILES string of the molecule is OCCOCCOCC1CCCN1. The highest BCUT2D eigenvalue weighted by Crippen LogP contribution is 2.04. The Morgan fingerprint density at radius 1 is 1.23 bits per heavy atom. The topological polar surface area (TPSA) is 50.7 Å². The van der Waals surface area contributed by atoms with E-state index in [1.165, 1.54) is 12.8 Å². The van der Waals surface area contributed by atoms with Crippen molar-refractivity contribution < 1.29 is 14.6 Å². The number of rotatable bonds is 7. The molecular weight excluding hydrogens is 170 g/mol. The summed E-state index contributed by atoms with van der Waals surface area (Å²) in [6.07, 6.45) is 2.48. The maximum atomic E-state index is 8.42. The standard InChI is InChI=1S/C9H19NO3/c11-4-5-12-6-7-13-8-9-2-1-3-10-9/h9-11H,1-8H2. The first-order valence-corrected chi connectivity index (χ1v) is 4.93. The van der Waals surface area contributed by atoms with Crippen LogP contribution in [0.1, 0.15) is 12.8 Å². The van der Waals surface area contributed by atoms with Gasteiger partial charge in [0.15, 0.2) is 0 Å². The molecule has 4 heteroatoms. The molecule has 0 aromatic carbocycles. The van der Waals surface area contributed by atoms with Crippen LogP contribution in [0.15, 0.2) is 0 Å². The summed E-state index contributed by atoms with van der Waals surface area (Å²) in [6.45, 7) is 3.60. The lowest BCUT2D eigenvalue weighted by Crippen LogP contribution is -2.27. The van der Waals surface area contributed by atoms with Crippen molar-refractivity contribution >= 4 is 0 Å². The molecule has 1 rings (SSSR count). The fourth-order valence-corrected chi connectivity index (χ4v) is 1.41. The Hall–Kier alpha value is -0.160. The third kappa shape index (κ3) is 5.21. The van der Waals surface area contributed by atoms with E-state index in [1.807, 2.05) is 0 Å². The minimum Gasteiger partial charge on any atom is -0.394 e. The van der Waals surface area contributed by atoms with Gasteiger partial charge in [0.1, 0.15) is 0 Å². The van der Waals surface area contributed by atoms with Crippen LogP contribution in [0.4, 0.5) is 0 Å². The maximum Gasteiger partial charge on any atom is 0.0701 e. The van der Waals surface area contributed by atoms with Crippen LogP contribution in [0.5, 0.6) is 0 Å². The van der Waals surface area contributed by atoms with Crippen molar-refractivity contribution in [1.82, 2.24) is 5.32 Å². The molecule has 1 atom stereocenters. The molecule has 1 heterocycles. The molecule has 0 bridgehead atoms. The van der Waals surface area contributed by atoms with Gasteiger partial charge in [-0.25, -0.2) is 0 Å². The summed E-state index contributed by atoms with van der Waals surface area (Å²) in [5.41, 5.74) is 0. The third-order valence-corrected chi connectivity index (χ3v) is 2.09. The van der Waals surface area contributed by atoms with Gasteiger partial charge in [-0.1, -0.05) is 0 Å². The van der Waals surface area contributed by atoms with E-state index in [9.17, 15) is 0 Å². The normalized spacial score (nSPS) is 22.4. The second-order valence-electron chi connectivity index (χ2n) is 3.20. The highest BCUT2D eigenvalue weighted by Gasteiger charge is 2.13. The lowest BCUT2D eigenvalue weighted by Gasteiger charge is -2.10. The van der Waals surface area contributed by atoms with Gasteiger partial charge in [-0.15, -0.1) is 0 Å². The summed E-state index contributed by atoms with van der Waals surface area (Å²) in [4.78, 5) is 0. The number of aliphatic hydroxyl groups is 1. The highest BCUT2D eigenvalue weighted by atomic mass is 16.5. The second kappa shape index (κ2) is 7.26. The Morgan fingerprint density at radius 2 is 2.08 bits per heavy atom. The maximum absolute atomic E-state index is 8.42. The highest BCUT2D eigenvalue weighted by molar-refractivity contribution is 4.73.